The van der Waals surface area contributed by atoms with Gasteiger partial charge in [0.1, 0.15) is 18.1 Å². The number of hydrogen-bond donors (Lipinski definition) is 1. The maximum absolute atomic E-state index is 12.1. The highest BCUT2D eigenvalue weighted by molar-refractivity contribution is 7.90. The number of fused-ring (bicyclic) bond motifs is 1. The third-order valence-corrected chi connectivity index (χ3v) is 4.96. The van der Waals surface area contributed by atoms with Crippen molar-refractivity contribution in [1.82, 2.24) is 0 Å². The van der Waals surface area contributed by atoms with E-state index < -0.39 is 15.4 Å². The van der Waals surface area contributed by atoms with Crippen LogP contribution in [0.4, 0.5) is 0 Å². The highest BCUT2D eigenvalue weighted by atomic mass is 32.2. The minimum absolute atomic E-state index is 0.201. The zero-order valence-corrected chi connectivity index (χ0v) is 11.6. The van der Waals surface area contributed by atoms with Crippen molar-refractivity contribution in [3.8, 4) is 11.5 Å². The van der Waals surface area contributed by atoms with Gasteiger partial charge in [-0.05, 0) is 30.9 Å². The lowest BCUT2D eigenvalue weighted by Crippen LogP contribution is -2.44. The molecule has 0 amide bonds. The summed E-state index contributed by atoms with van der Waals surface area (Å²) in [4.78, 5) is 0.201. The van der Waals surface area contributed by atoms with Crippen molar-refractivity contribution in [2.24, 2.45) is 5.73 Å². The Bertz CT molecular complexity index is 620. The van der Waals surface area contributed by atoms with Crippen molar-refractivity contribution in [3.63, 3.8) is 0 Å². The fourth-order valence-electron chi connectivity index (χ4n) is 2.68. The first kappa shape index (κ1) is 12.7. The van der Waals surface area contributed by atoms with Gasteiger partial charge in [0.05, 0.1) is 0 Å². The van der Waals surface area contributed by atoms with Crippen LogP contribution in [0.5, 0.6) is 11.5 Å². The Morgan fingerprint density at radius 1 is 1.21 bits per heavy atom. The molecule has 104 valence electrons. The molecular weight excluding hydrogens is 266 g/mol. The van der Waals surface area contributed by atoms with Crippen LogP contribution < -0.4 is 15.2 Å². The molecule has 2 aliphatic rings. The minimum atomic E-state index is -3.42. The zero-order chi connectivity index (χ0) is 13.7. The fraction of sp³-hybridized carbons (Fsp3) is 0.538. The van der Waals surface area contributed by atoms with E-state index in [1.165, 1.54) is 6.26 Å². The van der Waals surface area contributed by atoms with Crippen molar-refractivity contribution >= 4 is 9.84 Å². The Hall–Kier alpha value is -1.27. The van der Waals surface area contributed by atoms with E-state index >= 15 is 0 Å². The van der Waals surface area contributed by atoms with Crippen LogP contribution in [0.2, 0.25) is 0 Å². The van der Waals surface area contributed by atoms with E-state index in [1.54, 1.807) is 12.1 Å². The lowest BCUT2D eigenvalue weighted by atomic mass is 9.72. The van der Waals surface area contributed by atoms with Crippen LogP contribution in [0, 0.1) is 0 Å². The molecule has 5 nitrogen and oxygen atoms in total. The molecule has 0 radical (unpaired) electrons. The average Bonchev–Trinajstić information content (AvgIpc) is 2.33. The van der Waals surface area contributed by atoms with Crippen molar-refractivity contribution in [3.05, 3.63) is 17.7 Å². The van der Waals surface area contributed by atoms with Gasteiger partial charge in [-0.3, -0.25) is 0 Å². The average molecular weight is 283 g/mol. The molecule has 0 aromatic heterocycles. The number of sulfone groups is 1. The van der Waals surface area contributed by atoms with Crippen LogP contribution in [0.15, 0.2) is 17.0 Å². The summed E-state index contributed by atoms with van der Waals surface area (Å²) in [6, 6.07) is 3.52. The van der Waals surface area contributed by atoms with Gasteiger partial charge >= 0.3 is 0 Å². The first-order valence-corrected chi connectivity index (χ1v) is 8.23. The molecule has 1 saturated carbocycles. The molecular formula is C13H17NO4S. The molecule has 1 aromatic rings. The van der Waals surface area contributed by atoms with E-state index in [-0.39, 0.29) is 4.90 Å². The molecule has 2 N–H and O–H groups in total. The van der Waals surface area contributed by atoms with Crippen LogP contribution in [-0.2, 0) is 15.4 Å². The highest BCUT2D eigenvalue weighted by Crippen LogP contribution is 2.47. The Balaban J connectivity index is 2.25. The van der Waals surface area contributed by atoms with Gasteiger partial charge in [0, 0.05) is 11.8 Å². The molecule has 19 heavy (non-hydrogen) atoms. The van der Waals surface area contributed by atoms with Crippen LogP contribution in [0.25, 0.3) is 0 Å². The number of ether oxygens (including phenoxy) is 2. The van der Waals surface area contributed by atoms with Crippen molar-refractivity contribution in [2.75, 3.05) is 19.5 Å². The first-order valence-electron chi connectivity index (χ1n) is 6.34. The second-order valence-corrected chi connectivity index (χ2v) is 7.20. The summed E-state index contributed by atoms with van der Waals surface area (Å²) >= 11 is 0. The summed E-state index contributed by atoms with van der Waals surface area (Å²) in [5.41, 5.74) is 6.40. The molecule has 1 fully saturated rings. The van der Waals surface area contributed by atoms with Gasteiger partial charge in [-0.15, -0.1) is 0 Å². The molecule has 1 aliphatic carbocycles. The molecule has 1 aromatic carbocycles. The van der Waals surface area contributed by atoms with Gasteiger partial charge in [0.15, 0.2) is 21.3 Å². The standard InChI is InChI=1S/C13H17NO4S/c1-19(15,16)12-9(13(14)5-2-6-13)3-4-10-11(12)18-8-7-17-10/h3-4H,2,5-8,14H2,1H3. The van der Waals surface area contributed by atoms with Crippen molar-refractivity contribution in [2.45, 2.75) is 29.7 Å². The maximum atomic E-state index is 12.1. The molecule has 6 heteroatoms. The van der Waals surface area contributed by atoms with Crippen molar-refractivity contribution < 1.29 is 17.9 Å². The Kier molecular flexibility index (Phi) is 2.76. The summed E-state index contributed by atoms with van der Waals surface area (Å²) < 4.78 is 35.2. The van der Waals surface area contributed by atoms with Gasteiger partial charge < -0.3 is 15.2 Å². The van der Waals surface area contributed by atoms with Crippen molar-refractivity contribution in [1.29, 1.82) is 0 Å². The van der Waals surface area contributed by atoms with Crippen LogP contribution in [0.3, 0.4) is 0 Å². The predicted molar refractivity (Wildman–Crippen MR) is 70.3 cm³/mol. The van der Waals surface area contributed by atoms with Crippen LogP contribution in [-0.4, -0.2) is 27.9 Å². The van der Waals surface area contributed by atoms with Crippen LogP contribution in [0.1, 0.15) is 24.8 Å². The van der Waals surface area contributed by atoms with Crippen LogP contribution >= 0.6 is 0 Å². The third kappa shape index (κ3) is 1.99. The fourth-order valence-corrected chi connectivity index (χ4v) is 3.84. The summed E-state index contributed by atoms with van der Waals surface area (Å²) in [5.74, 6) is 0.807. The van der Waals surface area contributed by atoms with Gasteiger partial charge in [0.25, 0.3) is 0 Å². The van der Waals surface area contributed by atoms with E-state index in [0.29, 0.717) is 30.3 Å². The van der Waals surface area contributed by atoms with E-state index in [4.69, 9.17) is 15.2 Å². The topological polar surface area (TPSA) is 78.6 Å². The van der Waals surface area contributed by atoms with Gasteiger partial charge in [0.2, 0.25) is 0 Å². The first-order chi connectivity index (χ1) is 8.92. The molecule has 0 spiro atoms. The molecule has 1 heterocycles. The maximum Gasteiger partial charge on any atom is 0.180 e. The largest absolute Gasteiger partial charge is 0.486 e. The Labute approximate surface area is 112 Å². The lowest BCUT2D eigenvalue weighted by Gasteiger charge is -2.40. The third-order valence-electron chi connectivity index (χ3n) is 3.82. The van der Waals surface area contributed by atoms with E-state index in [0.717, 1.165) is 19.3 Å². The number of hydrogen-bond acceptors (Lipinski definition) is 5. The monoisotopic (exact) mass is 283 g/mol. The van der Waals surface area contributed by atoms with Gasteiger partial charge in [-0.2, -0.15) is 0 Å². The number of benzene rings is 1. The van der Waals surface area contributed by atoms with E-state index in [1.807, 2.05) is 0 Å². The highest BCUT2D eigenvalue weighted by Gasteiger charge is 2.40. The predicted octanol–water partition coefficient (Wildman–Crippen LogP) is 1.20. The second-order valence-electron chi connectivity index (χ2n) is 5.25. The zero-order valence-electron chi connectivity index (χ0n) is 10.8. The molecule has 3 rings (SSSR count). The Morgan fingerprint density at radius 2 is 1.89 bits per heavy atom. The SMILES string of the molecule is CS(=O)(=O)c1c(C2(N)CCC2)ccc2c1OCCO2. The van der Waals surface area contributed by atoms with E-state index in [2.05, 4.69) is 0 Å². The number of rotatable bonds is 2. The molecule has 0 bridgehead atoms. The number of nitrogens with two attached hydrogens (primary N) is 1. The molecule has 1 aliphatic heterocycles. The minimum Gasteiger partial charge on any atom is -0.486 e. The summed E-state index contributed by atoms with van der Waals surface area (Å²) in [5, 5.41) is 0. The lowest BCUT2D eigenvalue weighted by molar-refractivity contribution is 0.164. The summed E-state index contributed by atoms with van der Waals surface area (Å²) in [6.07, 6.45) is 3.81. The van der Waals surface area contributed by atoms with Gasteiger partial charge in [-0.1, -0.05) is 6.07 Å². The summed E-state index contributed by atoms with van der Waals surface area (Å²) in [7, 11) is -3.42. The molecule has 0 saturated heterocycles. The quantitative estimate of drug-likeness (QED) is 0.882. The Morgan fingerprint density at radius 3 is 2.47 bits per heavy atom. The second kappa shape index (κ2) is 4.11. The van der Waals surface area contributed by atoms with Gasteiger partial charge in [-0.25, -0.2) is 8.42 Å². The van der Waals surface area contributed by atoms with E-state index in [9.17, 15) is 8.42 Å². The summed E-state index contributed by atoms with van der Waals surface area (Å²) in [6.45, 7) is 0.792. The molecule has 0 unspecified atom stereocenters. The molecule has 0 atom stereocenters. The smallest absolute Gasteiger partial charge is 0.180 e. The normalized spacial score (nSPS) is 20.7.